The van der Waals surface area contributed by atoms with E-state index < -0.39 is 10.0 Å². The van der Waals surface area contributed by atoms with Crippen molar-refractivity contribution in [2.45, 2.75) is 18.7 Å². The number of hydrogen-bond donors (Lipinski definition) is 1. The van der Waals surface area contributed by atoms with Gasteiger partial charge in [0.25, 0.3) is 0 Å². The minimum atomic E-state index is -3.88. The van der Waals surface area contributed by atoms with Crippen molar-refractivity contribution in [3.05, 3.63) is 23.2 Å². The molecule has 1 rings (SSSR count). The average Bonchev–Trinajstić information content (AvgIpc) is 2.46. The summed E-state index contributed by atoms with van der Waals surface area (Å²) in [7, 11) is -2.51. The summed E-state index contributed by atoms with van der Waals surface area (Å²) in [4.78, 5) is 13.3. The van der Waals surface area contributed by atoms with Gasteiger partial charge in [-0.05, 0) is 32.0 Å². The van der Waals surface area contributed by atoms with E-state index in [1.165, 1.54) is 30.2 Å². The number of nitrogens with zero attached hydrogens (tertiary/aromatic N) is 1. The third-order valence-electron chi connectivity index (χ3n) is 2.94. The number of hydrogen-bond acceptors (Lipinski definition) is 4. The smallest absolute Gasteiger partial charge is 0.244 e. The number of methoxy groups -OCH3 is 1. The van der Waals surface area contributed by atoms with Crippen molar-refractivity contribution in [1.82, 2.24) is 9.62 Å². The molecule has 0 aliphatic carbocycles. The van der Waals surface area contributed by atoms with Gasteiger partial charge in [-0.25, -0.2) is 13.1 Å². The fourth-order valence-electron chi connectivity index (χ4n) is 1.78. The number of carbonyl (C=O) groups is 1. The summed E-state index contributed by atoms with van der Waals surface area (Å²) >= 11 is 5.81. The number of nitrogens with one attached hydrogen (secondary N) is 1. The van der Waals surface area contributed by atoms with Gasteiger partial charge >= 0.3 is 0 Å². The van der Waals surface area contributed by atoms with Gasteiger partial charge in [-0.3, -0.25) is 4.79 Å². The molecule has 0 saturated heterocycles. The van der Waals surface area contributed by atoms with Crippen molar-refractivity contribution >= 4 is 27.5 Å². The summed E-state index contributed by atoms with van der Waals surface area (Å²) in [5, 5.41) is 0.270. The van der Waals surface area contributed by atoms with E-state index in [2.05, 4.69) is 4.72 Å². The highest BCUT2D eigenvalue weighted by atomic mass is 35.5. The summed E-state index contributed by atoms with van der Waals surface area (Å²) in [5.41, 5.74) is 0. The quantitative estimate of drug-likeness (QED) is 0.819. The van der Waals surface area contributed by atoms with Crippen LogP contribution in [0.2, 0.25) is 5.02 Å². The van der Waals surface area contributed by atoms with Crippen LogP contribution in [0.25, 0.3) is 0 Å². The van der Waals surface area contributed by atoms with Crippen LogP contribution in [0.1, 0.15) is 13.8 Å². The molecule has 8 heteroatoms. The van der Waals surface area contributed by atoms with E-state index in [4.69, 9.17) is 16.3 Å². The largest absolute Gasteiger partial charge is 0.495 e. The van der Waals surface area contributed by atoms with E-state index in [9.17, 15) is 13.2 Å². The predicted molar refractivity (Wildman–Crippen MR) is 81.1 cm³/mol. The summed E-state index contributed by atoms with van der Waals surface area (Å²) in [6.07, 6.45) is 0. The highest BCUT2D eigenvalue weighted by Gasteiger charge is 2.21. The molecule has 0 aliphatic rings. The van der Waals surface area contributed by atoms with Gasteiger partial charge in [0.15, 0.2) is 0 Å². The van der Waals surface area contributed by atoms with Crippen LogP contribution in [0.3, 0.4) is 0 Å². The molecule has 6 nitrogen and oxygen atoms in total. The maximum Gasteiger partial charge on any atom is 0.244 e. The van der Waals surface area contributed by atoms with Crippen LogP contribution in [-0.2, 0) is 14.8 Å². The van der Waals surface area contributed by atoms with Crippen molar-refractivity contribution in [2.24, 2.45) is 0 Å². The topological polar surface area (TPSA) is 75.7 Å². The second kappa shape index (κ2) is 7.63. The minimum absolute atomic E-state index is 0.0927. The molecular formula is C13H19ClN2O4S. The molecule has 0 atom stereocenters. The Morgan fingerprint density at radius 1 is 1.33 bits per heavy atom. The Hall–Kier alpha value is -1.31. The van der Waals surface area contributed by atoms with E-state index in [0.29, 0.717) is 13.1 Å². The van der Waals surface area contributed by atoms with Crippen LogP contribution in [0.15, 0.2) is 23.1 Å². The highest BCUT2D eigenvalue weighted by Crippen LogP contribution is 2.26. The van der Waals surface area contributed by atoms with Crippen LogP contribution in [0.4, 0.5) is 0 Å². The zero-order valence-corrected chi connectivity index (χ0v) is 13.8. The highest BCUT2D eigenvalue weighted by molar-refractivity contribution is 7.89. The van der Waals surface area contributed by atoms with Crippen LogP contribution >= 0.6 is 11.6 Å². The van der Waals surface area contributed by atoms with Gasteiger partial charge in [0.1, 0.15) is 10.6 Å². The molecule has 1 aromatic rings. The Morgan fingerprint density at radius 2 is 1.95 bits per heavy atom. The second-order valence-corrected chi connectivity index (χ2v) is 6.36. The molecule has 0 aromatic heterocycles. The number of likely N-dealkylation sites (N-methyl/N-ethyl adjacent to an activating group) is 1. The maximum absolute atomic E-state index is 12.2. The molecule has 0 fully saturated rings. The van der Waals surface area contributed by atoms with Gasteiger partial charge in [-0.1, -0.05) is 11.6 Å². The molecule has 0 radical (unpaired) electrons. The maximum atomic E-state index is 12.2. The zero-order valence-electron chi connectivity index (χ0n) is 12.2. The molecule has 1 aromatic carbocycles. The Bertz CT molecular complexity index is 600. The molecule has 0 spiro atoms. The zero-order chi connectivity index (χ0) is 16.0. The molecule has 21 heavy (non-hydrogen) atoms. The molecule has 1 N–H and O–H groups in total. The lowest BCUT2D eigenvalue weighted by molar-refractivity contribution is -0.129. The fraction of sp³-hybridized carbons (Fsp3) is 0.462. The van der Waals surface area contributed by atoms with Gasteiger partial charge in [0.2, 0.25) is 15.9 Å². The van der Waals surface area contributed by atoms with Gasteiger partial charge in [0, 0.05) is 18.1 Å². The lowest BCUT2D eigenvalue weighted by Gasteiger charge is -2.19. The van der Waals surface area contributed by atoms with Crippen molar-refractivity contribution in [3.8, 4) is 5.75 Å². The van der Waals surface area contributed by atoms with Gasteiger partial charge < -0.3 is 9.64 Å². The third kappa shape index (κ3) is 4.59. The van der Waals surface area contributed by atoms with Gasteiger partial charge in [-0.2, -0.15) is 0 Å². The number of benzene rings is 1. The lowest BCUT2D eigenvalue weighted by Crippen LogP contribution is -2.40. The number of carbonyl (C=O) groups excluding carboxylic acids is 1. The summed E-state index contributed by atoms with van der Waals surface area (Å²) < 4.78 is 31.8. The SMILES string of the molecule is CCN(CC)C(=O)CNS(=O)(=O)c1cc(Cl)ccc1OC. The van der Waals surface area contributed by atoms with Crippen molar-refractivity contribution in [2.75, 3.05) is 26.7 Å². The van der Waals surface area contributed by atoms with Gasteiger partial charge in [0.05, 0.1) is 13.7 Å². The number of rotatable bonds is 7. The minimum Gasteiger partial charge on any atom is -0.495 e. The Labute approximate surface area is 130 Å². The third-order valence-corrected chi connectivity index (χ3v) is 4.60. The molecule has 0 aliphatic heterocycles. The lowest BCUT2D eigenvalue weighted by atomic mass is 10.3. The van der Waals surface area contributed by atoms with Crippen molar-refractivity contribution in [3.63, 3.8) is 0 Å². The molecule has 1 amide bonds. The first kappa shape index (κ1) is 17.7. The Balaban J connectivity index is 2.92. The van der Waals surface area contributed by atoms with Crippen LogP contribution < -0.4 is 9.46 Å². The van der Waals surface area contributed by atoms with Crippen molar-refractivity contribution in [1.29, 1.82) is 0 Å². The second-order valence-electron chi connectivity index (χ2n) is 4.19. The van der Waals surface area contributed by atoms with E-state index in [1.807, 2.05) is 13.8 Å². The number of sulfonamides is 1. The standard InChI is InChI=1S/C13H19ClN2O4S/c1-4-16(5-2)13(17)9-15-21(18,19)12-8-10(14)6-7-11(12)20-3/h6-8,15H,4-5,9H2,1-3H3. The average molecular weight is 335 g/mol. The Kier molecular flexibility index (Phi) is 6.44. The summed E-state index contributed by atoms with van der Waals surface area (Å²) in [5.74, 6) is -0.119. The molecule has 0 heterocycles. The predicted octanol–water partition coefficient (Wildman–Crippen LogP) is 1.50. The van der Waals surface area contributed by atoms with Crippen molar-refractivity contribution < 1.29 is 17.9 Å². The molecule has 0 saturated carbocycles. The number of halogens is 1. The van der Waals surface area contributed by atoms with E-state index >= 15 is 0 Å². The molecule has 118 valence electrons. The molecule has 0 bridgehead atoms. The van der Waals surface area contributed by atoms with Crippen LogP contribution in [0.5, 0.6) is 5.75 Å². The summed E-state index contributed by atoms with van der Waals surface area (Å²) in [6.45, 7) is 4.40. The normalized spacial score (nSPS) is 11.2. The first-order chi connectivity index (χ1) is 9.85. The number of amides is 1. The number of ether oxygens (including phenoxy) is 1. The first-order valence-corrected chi connectivity index (χ1v) is 8.32. The summed E-state index contributed by atoms with van der Waals surface area (Å²) in [6, 6.07) is 4.27. The van der Waals surface area contributed by atoms with Crippen LogP contribution in [-0.4, -0.2) is 46.0 Å². The van der Waals surface area contributed by atoms with E-state index in [1.54, 1.807) is 0 Å². The molecular weight excluding hydrogens is 316 g/mol. The first-order valence-electron chi connectivity index (χ1n) is 6.46. The van der Waals surface area contributed by atoms with Gasteiger partial charge in [-0.15, -0.1) is 0 Å². The van der Waals surface area contributed by atoms with E-state index in [-0.39, 0.29) is 28.1 Å². The van der Waals surface area contributed by atoms with Crippen LogP contribution in [0, 0.1) is 0 Å². The monoisotopic (exact) mass is 334 g/mol. The van der Waals surface area contributed by atoms with E-state index in [0.717, 1.165) is 0 Å². The Morgan fingerprint density at radius 3 is 2.48 bits per heavy atom. The fourth-order valence-corrected chi connectivity index (χ4v) is 3.19. The molecule has 0 unspecified atom stereocenters.